The summed E-state index contributed by atoms with van der Waals surface area (Å²) in [6, 6.07) is 0. The van der Waals surface area contributed by atoms with E-state index >= 15 is 0 Å². The molecule has 0 heterocycles. The molecule has 5 nitrogen and oxygen atoms in total. The van der Waals surface area contributed by atoms with Gasteiger partial charge in [0, 0.05) is 6.54 Å². The molecule has 66 valence electrons. The van der Waals surface area contributed by atoms with Crippen LogP contribution in [0.5, 0.6) is 0 Å². The van der Waals surface area contributed by atoms with Crippen LogP contribution in [0, 0.1) is 0 Å². The molecule has 0 aromatic rings. The van der Waals surface area contributed by atoms with Gasteiger partial charge in [-0.25, -0.2) is 0 Å². The number of rotatable bonds is 4. The van der Waals surface area contributed by atoms with Gasteiger partial charge in [0.15, 0.2) is 5.96 Å². The summed E-state index contributed by atoms with van der Waals surface area (Å²) >= 11 is 0. The standard InChI is InChI=1S/C6H15N3O2/c1-4(10)5(11)2-3-9-6(7)8/h4-5,10-11H,2-3H2,1H3,(H4,7,8,9). The van der Waals surface area contributed by atoms with Crippen LogP contribution in [-0.2, 0) is 0 Å². The molecule has 0 rings (SSSR count). The van der Waals surface area contributed by atoms with Crippen LogP contribution in [0.1, 0.15) is 13.3 Å². The predicted octanol–water partition coefficient (Wildman–Crippen LogP) is -1.61. The lowest BCUT2D eigenvalue weighted by Crippen LogP contribution is -2.26. The normalized spacial score (nSPS) is 15.5. The third-order valence-electron chi connectivity index (χ3n) is 1.28. The first kappa shape index (κ1) is 10.2. The second-order valence-corrected chi connectivity index (χ2v) is 2.40. The first-order valence-corrected chi connectivity index (χ1v) is 3.45. The lowest BCUT2D eigenvalue weighted by Gasteiger charge is -2.11. The fourth-order valence-electron chi connectivity index (χ4n) is 0.567. The second-order valence-electron chi connectivity index (χ2n) is 2.40. The highest BCUT2D eigenvalue weighted by Crippen LogP contribution is 1.97. The van der Waals surface area contributed by atoms with E-state index in [1.165, 1.54) is 6.92 Å². The maximum atomic E-state index is 9.04. The number of hydrogen-bond donors (Lipinski definition) is 4. The van der Waals surface area contributed by atoms with Gasteiger partial charge in [-0.1, -0.05) is 0 Å². The minimum absolute atomic E-state index is 0.00259. The highest BCUT2D eigenvalue weighted by molar-refractivity contribution is 5.75. The molecule has 0 aliphatic heterocycles. The minimum Gasteiger partial charge on any atom is -0.391 e. The smallest absolute Gasteiger partial charge is 0.185 e. The monoisotopic (exact) mass is 161 g/mol. The molecule has 0 aromatic carbocycles. The molecule has 0 saturated carbocycles. The Morgan fingerprint density at radius 1 is 1.45 bits per heavy atom. The Hall–Kier alpha value is -0.810. The molecule has 0 aliphatic carbocycles. The summed E-state index contributed by atoms with van der Waals surface area (Å²) in [7, 11) is 0. The van der Waals surface area contributed by atoms with Crippen LogP contribution in [0.4, 0.5) is 0 Å². The van der Waals surface area contributed by atoms with Crippen molar-refractivity contribution in [2.75, 3.05) is 6.54 Å². The maximum absolute atomic E-state index is 9.04. The van der Waals surface area contributed by atoms with Crippen LogP contribution in [0.25, 0.3) is 0 Å². The Morgan fingerprint density at radius 2 is 2.00 bits per heavy atom. The zero-order valence-corrected chi connectivity index (χ0v) is 6.57. The molecule has 0 aliphatic rings. The van der Waals surface area contributed by atoms with Gasteiger partial charge in [-0.15, -0.1) is 0 Å². The van der Waals surface area contributed by atoms with Crippen LogP contribution in [0.15, 0.2) is 4.99 Å². The molecule has 0 saturated heterocycles. The van der Waals surface area contributed by atoms with E-state index in [0.29, 0.717) is 13.0 Å². The molecule has 11 heavy (non-hydrogen) atoms. The van der Waals surface area contributed by atoms with E-state index in [0.717, 1.165) is 0 Å². The summed E-state index contributed by atoms with van der Waals surface area (Å²) in [4.78, 5) is 3.65. The van der Waals surface area contributed by atoms with Crippen molar-refractivity contribution in [1.29, 1.82) is 0 Å². The molecular weight excluding hydrogens is 146 g/mol. The molecule has 5 heteroatoms. The molecule has 0 spiro atoms. The predicted molar refractivity (Wildman–Crippen MR) is 43.0 cm³/mol. The van der Waals surface area contributed by atoms with Crippen molar-refractivity contribution < 1.29 is 10.2 Å². The number of aliphatic hydroxyl groups is 2. The van der Waals surface area contributed by atoms with Crippen molar-refractivity contribution in [2.45, 2.75) is 25.6 Å². The zero-order valence-electron chi connectivity index (χ0n) is 6.57. The Labute approximate surface area is 65.7 Å². The Balaban J connectivity index is 3.47. The van der Waals surface area contributed by atoms with Crippen LogP contribution >= 0.6 is 0 Å². The van der Waals surface area contributed by atoms with E-state index in [9.17, 15) is 0 Å². The van der Waals surface area contributed by atoms with Gasteiger partial charge in [0.2, 0.25) is 0 Å². The van der Waals surface area contributed by atoms with E-state index in [2.05, 4.69) is 4.99 Å². The number of aliphatic hydroxyl groups excluding tert-OH is 2. The fraction of sp³-hybridized carbons (Fsp3) is 0.833. The summed E-state index contributed by atoms with van der Waals surface area (Å²) in [6.45, 7) is 1.86. The van der Waals surface area contributed by atoms with E-state index in [1.54, 1.807) is 0 Å². The van der Waals surface area contributed by atoms with Gasteiger partial charge in [0.25, 0.3) is 0 Å². The first-order chi connectivity index (χ1) is 5.04. The number of hydrogen-bond acceptors (Lipinski definition) is 3. The number of aliphatic imine (C=N–C) groups is 1. The maximum Gasteiger partial charge on any atom is 0.185 e. The van der Waals surface area contributed by atoms with Gasteiger partial charge < -0.3 is 21.7 Å². The van der Waals surface area contributed by atoms with Gasteiger partial charge in [-0.05, 0) is 13.3 Å². The number of guanidine groups is 1. The summed E-state index contributed by atoms with van der Waals surface area (Å²) < 4.78 is 0. The van der Waals surface area contributed by atoms with Gasteiger partial charge in [0.05, 0.1) is 12.2 Å². The molecule has 0 fully saturated rings. The summed E-state index contributed by atoms with van der Waals surface area (Å²) in [6.07, 6.45) is -1.11. The van der Waals surface area contributed by atoms with Crippen molar-refractivity contribution >= 4 is 5.96 Å². The summed E-state index contributed by atoms with van der Waals surface area (Å²) in [5.74, 6) is 0.00259. The molecule has 6 N–H and O–H groups in total. The minimum atomic E-state index is -0.752. The van der Waals surface area contributed by atoms with Crippen molar-refractivity contribution in [2.24, 2.45) is 16.5 Å². The van der Waals surface area contributed by atoms with E-state index in [1.807, 2.05) is 0 Å². The first-order valence-electron chi connectivity index (χ1n) is 3.45. The SMILES string of the molecule is CC(O)C(O)CCN=C(N)N. The number of nitrogens with zero attached hydrogens (tertiary/aromatic N) is 1. The van der Waals surface area contributed by atoms with E-state index < -0.39 is 12.2 Å². The largest absolute Gasteiger partial charge is 0.391 e. The molecule has 0 radical (unpaired) electrons. The van der Waals surface area contributed by atoms with Gasteiger partial charge in [-0.2, -0.15) is 0 Å². The van der Waals surface area contributed by atoms with Gasteiger partial charge >= 0.3 is 0 Å². The third kappa shape index (κ3) is 5.63. The van der Waals surface area contributed by atoms with E-state index in [4.69, 9.17) is 21.7 Å². The molecule has 0 aromatic heterocycles. The molecular formula is C6H15N3O2. The van der Waals surface area contributed by atoms with Gasteiger partial charge in [0.1, 0.15) is 0 Å². The quantitative estimate of drug-likeness (QED) is 0.294. The number of nitrogens with two attached hydrogens (primary N) is 2. The topological polar surface area (TPSA) is 105 Å². The fourth-order valence-corrected chi connectivity index (χ4v) is 0.567. The second kappa shape index (κ2) is 4.92. The van der Waals surface area contributed by atoms with Crippen LogP contribution < -0.4 is 11.5 Å². The Morgan fingerprint density at radius 3 is 2.36 bits per heavy atom. The van der Waals surface area contributed by atoms with Crippen LogP contribution in [0.2, 0.25) is 0 Å². The molecule has 0 bridgehead atoms. The molecule has 0 amide bonds. The summed E-state index contributed by atoms with van der Waals surface area (Å²) in [5.41, 5.74) is 10.1. The average Bonchev–Trinajstić information content (AvgIpc) is 1.86. The summed E-state index contributed by atoms with van der Waals surface area (Å²) in [5, 5.41) is 17.9. The van der Waals surface area contributed by atoms with Crippen LogP contribution in [0.3, 0.4) is 0 Å². The Kier molecular flexibility index (Phi) is 4.56. The van der Waals surface area contributed by atoms with E-state index in [-0.39, 0.29) is 5.96 Å². The van der Waals surface area contributed by atoms with Gasteiger partial charge in [-0.3, -0.25) is 4.99 Å². The van der Waals surface area contributed by atoms with Crippen molar-refractivity contribution in [3.8, 4) is 0 Å². The Bertz CT molecular complexity index is 132. The highest BCUT2D eigenvalue weighted by atomic mass is 16.3. The van der Waals surface area contributed by atoms with Crippen molar-refractivity contribution in [3.05, 3.63) is 0 Å². The molecule has 2 atom stereocenters. The van der Waals surface area contributed by atoms with Crippen molar-refractivity contribution in [1.82, 2.24) is 0 Å². The zero-order chi connectivity index (χ0) is 8.85. The third-order valence-corrected chi connectivity index (χ3v) is 1.28. The molecule has 2 unspecified atom stereocenters. The average molecular weight is 161 g/mol. The van der Waals surface area contributed by atoms with Crippen molar-refractivity contribution in [3.63, 3.8) is 0 Å². The lowest BCUT2D eigenvalue weighted by molar-refractivity contribution is 0.0279. The lowest BCUT2D eigenvalue weighted by atomic mass is 10.2. The highest BCUT2D eigenvalue weighted by Gasteiger charge is 2.08. The van der Waals surface area contributed by atoms with Crippen LogP contribution in [-0.4, -0.2) is 34.9 Å².